The van der Waals surface area contributed by atoms with Crippen molar-refractivity contribution >= 4 is 17.6 Å². The number of hydrogen-bond acceptors (Lipinski definition) is 8. The Morgan fingerprint density at radius 2 is 1.66 bits per heavy atom. The van der Waals surface area contributed by atoms with Gasteiger partial charge in [-0.1, -0.05) is 27.2 Å². The van der Waals surface area contributed by atoms with Crippen molar-refractivity contribution in [2.75, 3.05) is 32.9 Å². The van der Waals surface area contributed by atoms with Gasteiger partial charge in [-0.3, -0.25) is 10.2 Å². The number of nitrogens with zero attached hydrogens (tertiary/aromatic N) is 1. The minimum Gasteiger partial charge on any atom is -0.677 e. The van der Waals surface area contributed by atoms with Gasteiger partial charge in [-0.05, 0) is 49.4 Å². The first-order chi connectivity index (χ1) is 20.5. The van der Waals surface area contributed by atoms with Gasteiger partial charge in [-0.25, -0.2) is 4.39 Å². The number of aromatic hydroxyl groups is 1. The Bertz CT molecular complexity index is 1360. The lowest BCUT2D eigenvalue weighted by Crippen LogP contribution is -2.37. The highest BCUT2D eigenvalue weighted by molar-refractivity contribution is 6.06. The number of carbonyl (C=O) groups is 2. The number of unbranched alkanes of at least 4 members (excludes halogenated alkanes) is 1. The summed E-state index contributed by atoms with van der Waals surface area (Å²) in [6.45, 7) is 10.6. The maximum absolute atomic E-state index is 15.4. The normalized spacial score (nSPS) is 12.8. The molecule has 0 aromatic heterocycles. The molecule has 0 unspecified atom stereocenters. The lowest BCUT2D eigenvalue weighted by molar-refractivity contribution is -0.344. The molecule has 0 amide bonds. The summed E-state index contributed by atoms with van der Waals surface area (Å²) in [5, 5.41) is 28.2. The number of aliphatic carboxylic acids is 1. The Hall–Kier alpha value is -4.07. The first kappa shape index (κ1) is 36.1. The van der Waals surface area contributed by atoms with E-state index in [9.17, 15) is 23.1 Å². The zero-order valence-electron chi connectivity index (χ0n) is 25.2. The highest BCUT2D eigenvalue weighted by Gasteiger charge is 2.34. The molecule has 0 atom stereocenters. The molecule has 2 aromatic rings. The van der Waals surface area contributed by atoms with Gasteiger partial charge in [0.2, 0.25) is 0 Å². The number of halogens is 4. The number of ketones is 1. The Labute approximate surface area is 253 Å². The number of ether oxygens (including phenoxy) is 3. The minimum absolute atomic E-state index is 0.00905. The van der Waals surface area contributed by atoms with Crippen molar-refractivity contribution in [1.82, 2.24) is 4.90 Å². The number of alkyl halides is 3. The number of benzene rings is 2. The van der Waals surface area contributed by atoms with Crippen LogP contribution in [0.3, 0.4) is 0 Å². The number of phenolic OH excluding ortho intramolecular Hbond substituents is 1. The van der Waals surface area contributed by atoms with Gasteiger partial charge in [0.25, 0.3) is 0 Å². The molecule has 2 aromatic carbocycles. The first-order valence-electron chi connectivity index (χ1n) is 13.9. The van der Waals surface area contributed by atoms with Crippen LogP contribution >= 0.6 is 0 Å². The maximum Gasteiger partial charge on any atom is 0.430 e. The topological polar surface area (TPSA) is 156 Å². The molecule has 10 nitrogen and oxygen atoms in total. The number of nitrogens with one attached hydrogen (secondary N) is 2. The molecule has 0 aliphatic carbocycles. The number of carboxylic acids is 1. The van der Waals surface area contributed by atoms with E-state index < -0.39 is 23.4 Å². The molecule has 0 saturated heterocycles. The molecule has 244 valence electrons. The molecule has 3 rings (SSSR count). The summed E-state index contributed by atoms with van der Waals surface area (Å²) >= 11 is 0. The van der Waals surface area contributed by atoms with Crippen LogP contribution in [0.4, 0.5) is 17.6 Å². The van der Waals surface area contributed by atoms with Crippen LogP contribution in [0.5, 0.6) is 23.0 Å². The summed E-state index contributed by atoms with van der Waals surface area (Å²) in [4.78, 5) is 23.7. The van der Waals surface area contributed by atoms with Crippen LogP contribution in [0, 0.1) is 11.2 Å². The third kappa shape index (κ3) is 8.97. The van der Waals surface area contributed by atoms with Crippen molar-refractivity contribution in [1.29, 1.82) is 5.41 Å². The molecular weight excluding hydrogens is 590 g/mol. The zero-order chi connectivity index (χ0) is 33.4. The van der Waals surface area contributed by atoms with E-state index >= 15 is 4.39 Å². The third-order valence-electron chi connectivity index (χ3n) is 6.37. The molecule has 44 heavy (non-hydrogen) atoms. The van der Waals surface area contributed by atoms with Crippen LogP contribution in [0.2, 0.25) is 0 Å². The summed E-state index contributed by atoms with van der Waals surface area (Å²) in [5.74, 6) is -3.58. The Morgan fingerprint density at radius 1 is 1.05 bits per heavy atom. The summed E-state index contributed by atoms with van der Waals surface area (Å²) in [6.07, 6.45) is -3.86. The lowest BCUT2D eigenvalue weighted by atomic mass is 9.84. The number of fused-ring (bicyclic) bond motifs is 1. The molecule has 1 heterocycles. The first-order valence-corrected chi connectivity index (χ1v) is 13.9. The fourth-order valence-corrected chi connectivity index (χ4v) is 4.28. The largest absolute Gasteiger partial charge is 0.677 e. The second kappa shape index (κ2) is 15.1. The van der Waals surface area contributed by atoms with Crippen molar-refractivity contribution < 1.29 is 51.6 Å². The number of carbonyl (C=O) groups excluding carboxylic acids is 2. The Balaban J connectivity index is 0.000000860. The predicted molar refractivity (Wildman–Crippen MR) is 152 cm³/mol. The van der Waals surface area contributed by atoms with Gasteiger partial charge in [-0.2, -0.15) is 19.7 Å². The second-order valence-electron chi connectivity index (χ2n) is 10.8. The number of carboxylic acid groups (broad SMARTS) is 1. The van der Waals surface area contributed by atoms with E-state index in [0.717, 1.165) is 0 Å². The van der Waals surface area contributed by atoms with Gasteiger partial charge >= 0.3 is 6.18 Å². The minimum atomic E-state index is -5.19. The number of hydrogen-bond donors (Lipinski definition) is 2. The fraction of sp³-hybridized carbons (Fsp3) is 0.500. The van der Waals surface area contributed by atoms with Gasteiger partial charge < -0.3 is 39.9 Å². The van der Waals surface area contributed by atoms with E-state index in [1.54, 1.807) is 26.0 Å². The lowest BCUT2D eigenvalue weighted by Gasteiger charge is -2.24. The molecule has 0 fully saturated rings. The zero-order valence-corrected chi connectivity index (χ0v) is 25.2. The van der Waals surface area contributed by atoms with Crippen LogP contribution in [0.1, 0.15) is 74.5 Å². The molecule has 1 aliphatic rings. The number of amidine groups is 1. The van der Waals surface area contributed by atoms with Gasteiger partial charge in [0.15, 0.2) is 34.6 Å². The van der Waals surface area contributed by atoms with E-state index in [-0.39, 0.29) is 59.9 Å². The standard InChI is InChI=1S/C28H37FN3O5.C2HF3O2/c1-6-35-22-14-18-15-32(27(31)23(18)24(29)26(22)36-7-2)16-20(33)17-12-19(28(3,4)5)25(34)21(13-17)37-11-9-8-10-30;3-2(4,5)1(6)7/h12-14,30-31,34H,6-11,15-16H2,1-5H3;(H,6,7)/q-1;/p-1. The molecule has 0 radical (unpaired) electrons. The van der Waals surface area contributed by atoms with Crippen molar-refractivity contribution in [2.45, 2.75) is 65.6 Å². The summed E-state index contributed by atoms with van der Waals surface area (Å²) in [6, 6.07) is 4.84. The number of rotatable bonds is 12. The van der Waals surface area contributed by atoms with Crippen LogP contribution in [-0.2, 0) is 16.8 Å². The fourth-order valence-electron chi connectivity index (χ4n) is 4.28. The summed E-state index contributed by atoms with van der Waals surface area (Å²) in [5.41, 5.74) is 8.40. The van der Waals surface area contributed by atoms with Crippen LogP contribution in [0.25, 0.3) is 5.73 Å². The Kier molecular flexibility index (Phi) is 12.4. The molecule has 0 spiro atoms. The van der Waals surface area contributed by atoms with Crippen LogP contribution in [0.15, 0.2) is 18.2 Å². The molecule has 14 heteroatoms. The van der Waals surface area contributed by atoms with E-state index in [0.29, 0.717) is 49.3 Å². The van der Waals surface area contributed by atoms with Crippen molar-refractivity contribution in [2.24, 2.45) is 0 Å². The van der Waals surface area contributed by atoms with E-state index in [2.05, 4.69) is 0 Å². The molecule has 0 bridgehead atoms. The quantitative estimate of drug-likeness (QED) is 0.186. The average molecular weight is 628 g/mol. The van der Waals surface area contributed by atoms with Crippen molar-refractivity contribution in [3.63, 3.8) is 0 Å². The average Bonchev–Trinajstić information content (AvgIpc) is 3.23. The van der Waals surface area contributed by atoms with Crippen LogP contribution in [-0.4, -0.2) is 66.7 Å². The van der Waals surface area contributed by atoms with Gasteiger partial charge in [0.05, 0.1) is 31.9 Å². The Morgan fingerprint density at radius 3 is 2.18 bits per heavy atom. The van der Waals surface area contributed by atoms with Crippen LogP contribution < -0.4 is 19.3 Å². The number of Topliss-reactive ketones (excluding diaryl/α,β-unsaturated/α-hetero) is 1. The second-order valence-corrected chi connectivity index (χ2v) is 10.8. The van der Waals surface area contributed by atoms with Gasteiger partial charge in [-0.15, -0.1) is 0 Å². The highest BCUT2D eigenvalue weighted by atomic mass is 19.4. The van der Waals surface area contributed by atoms with Crippen molar-refractivity contribution in [3.8, 4) is 23.0 Å². The molecule has 3 N–H and O–H groups in total. The van der Waals surface area contributed by atoms with Crippen molar-refractivity contribution in [3.05, 3.63) is 52.0 Å². The molecule has 1 aliphatic heterocycles. The van der Waals surface area contributed by atoms with E-state index in [1.807, 2.05) is 20.8 Å². The third-order valence-corrected chi connectivity index (χ3v) is 6.37. The van der Waals surface area contributed by atoms with Gasteiger partial charge in [0, 0.05) is 17.7 Å². The van der Waals surface area contributed by atoms with E-state index in [1.165, 1.54) is 11.0 Å². The SMILES string of the molecule is CCOc1cc2c(c(F)c1OCC)C(=N)N(CC(=O)c1cc(OCCCC[NH-])c(O)c(C(C)(C)C)c1)C2.O=C([O-])C(F)(F)F. The summed E-state index contributed by atoms with van der Waals surface area (Å²) in [7, 11) is 0. The molecular formula is C30H37F4N3O7-2. The van der Waals surface area contributed by atoms with Gasteiger partial charge in [0.1, 0.15) is 11.8 Å². The summed E-state index contributed by atoms with van der Waals surface area (Å²) < 4.78 is 63.7. The number of phenols is 1. The van der Waals surface area contributed by atoms with E-state index in [4.69, 9.17) is 35.3 Å². The monoisotopic (exact) mass is 627 g/mol. The molecule has 0 saturated carbocycles. The smallest absolute Gasteiger partial charge is 0.430 e. The predicted octanol–water partition coefficient (Wildman–Crippen LogP) is 5.16. The maximum atomic E-state index is 15.4. The highest BCUT2D eigenvalue weighted by Crippen LogP contribution is 2.41.